The number of nitrogens with zero attached hydrogens (tertiary/aromatic N) is 5. The lowest BCUT2D eigenvalue weighted by molar-refractivity contribution is -0.124. The van der Waals surface area contributed by atoms with Crippen LogP contribution in [-0.2, 0) is 23.3 Å². The van der Waals surface area contributed by atoms with Crippen molar-refractivity contribution >= 4 is 28.6 Å². The molecule has 0 unspecified atom stereocenters. The molecular weight excluding hydrogens is 418 g/mol. The van der Waals surface area contributed by atoms with E-state index in [2.05, 4.69) is 34.4 Å². The standard InChI is InChI=1S/C25H29N5O3/c1-17(2)5-10-29-19(13-18-14-26-9-4-21(18)29)16-30-22-15-27-8-3-20(22)25(23(30)31)6-11-28(12-7-25)24(32)33/h3-4,8-9,13-15,17H,5-7,10-12,16H2,1-2H3,(H,32,33). The summed E-state index contributed by atoms with van der Waals surface area (Å²) >= 11 is 0. The Labute approximate surface area is 192 Å². The van der Waals surface area contributed by atoms with E-state index < -0.39 is 11.5 Å². The van der Waals surface area contributed by atoms with Crippen LogP contribution in [0.4, 0.5) is 10.5 Å². The molecule has 0 aliphatic carbocycles. The van der Waals surface area contributed by atoms with Crippen LogP contribution in [0.1, 0.15) is 44.4 Å². The van der Waals surface area contributed by atoms with Gasteiger partial charge in [-0.05, 0) is 48.9 Å². The van der Waals surface area contributed by atoms with E-state index in [0.29, 0.717) is 38.4 Å². The van der Waals surface area contributed by atoms with Gasteiger partial charge in [0.25, 0.3) is 0 Å². The van der Waals surface area contributed by atoms with Crippen LogP contribution < -0.4 is 4.90 Å². The van der Waals surface area contributed by atoms with Gasteiger partial charge >= 0.3 is 6.09 Å². The predicted molar refractivity (Wildman–Crippen MR) is 125 cm³/mol. The van der Waals surface area contributed by atoms with Crippen LogP contribution in [0.3, 0.4) is 0 Å². The van der Waals surface area contributed by atoms with E-state index in [1.165, 1.54) is 4.90 Å². The topological polar surface area (TPSA) is 91.6 Å². The molecule has 0 saturated carbocycles. The molecule has 5 heterocycles. The number of hydrogen-bond donors (Lipinski definition) is 1. The zero-order chi connectivity index (χ0) is 23.2. The van der Waals surface area contributed by atoms with Gasteiger partial charge in [0.1, 0.15) is 0 Å². The fourth-order valence-corrected chi connectivity index (χ4v) is 5.32. The third kappa shape index (κ3) is 3.53. The lowest BCUT2D eigenvalue weighted by Gasteiger charge is -2.37. The molecule has 0 atom stereocenters. The molecule has 1 N–H and O–H groups in total. The molecule has 8 nitrogen and oxygen atoms in total. The predicted octanol–water partition coefficient (Wildman–Crippen LogP) is 4.04. The Hall–Kier alpha value is -3.42. The van der Waals surface area contributed by atoms with Crippen LogP contribution in [0.15, 0.2) is 43.0 Å². The second-order valence-electron chi connectivity index (χ2n) is 9.54. The average molecular weight is 448 g/mol. The Bertz CT molecular complexity index is 1210. The maximum Gasteiger partial charge on any atom is 0.407 e. The Morgan fingerprint density at radius 3 is 2.61 bits per heavy atom. The third-order valence-corrected chi connectivity index (χ3v) is 7.19. The number of carbonyl (C=O) groups excluding carboxylic acids is 1. The van der Waals surface area contributed by atoms with Crippen molar-refractivity contribution in [1.29, 1.82) is 0 Å². The first-order chi connectivity index (χ1) is 15.9. The van der Waals surface area contributed by atoms with Crippen molar-refractivity contribution in [3.63, 3.8) is 0 Å². The molecule has 0 aromatic carbocycles. The van der Waals surface area contributed by atoms with Crippen molar-refractivity contribution in [2.24, 2.45) is 5.92 Å². The number of carboxylic acid groups (broad SMARTS) is 1. The highest BCUT2D eigenvalue weighted by Crippen LogP contribution is 2.48. The van der Waals surface area contributed by atoms with Gasteiger partial charge in [0.2, 0.25) is 5.91 Å². The first kappa shape index (κ1) is 21.4. The van der Waals surface area contributed by atoms with Gasteiger partial charge in [-0.3, -0.25) is 14.8 Å². The van der Waals surface area contributed by atoms with Crippen molar-refractivity contribution in [3.8, 4) is 0 Å². The molecule has 172 valence electrons. The zero-order valence-electron chi connectivity index (χ0n) is 19.1. The molecule has 5 rings (SSSR count). The Morgan fingerprint density at radius 1 is 1.15 bits per heavy atom. The van der Waals surface area contributed by atoms with E-state index in [9.17, 15) is 14.7 Å². The first-order valence-corrected chi connectivity index (χ1v) is 11.6. The molecule has 2 aliphatic rings. The number of aromatic nitrogens is 3. The molecule has 33 heavy (non-hydrogen) atoms. The maximum atomic E-state index is 13.9. The van der Waals surface area contributed by atoms with Crippen molar-refractivity contribution in [1.82, 2.24) is 19.4 Å². The summed E-state index contributed by atoms with van der Waals surface area (Å²) in [6, 6.07) is 6.09. The van der Waals surface area contributed by atoms with Gasteiger partial charge in [0.05, 0.1) is 29.4 Å². The monoisotopic (exact) mass is 447 g/mol. The number of rotatable bonds is 5. The smallest absolute Gasteiger partial charge is 0.407 e. The van der Waals surface area contributed by atoms with Crippen molar-refractivity contribution in [2.45, 2.75) is 51.6 Å². The zero-order valence-corrected chi connectivity index (χ0v) is 19.1. The summed E-state index contributed by atoms with van der Waals surface area (Å²) in [6.45, 7) is 6.47. The molecule has 2 aliphatic heterocycles. The Balaban J connectivity index is 1.51. The highest BCUT2D eigenvalue weighted by molar-refractivity contribution is 6.08. The van der Waals surface area contributed by atoms with E-state index in [1.54, 1.807) is 12.4 Å². The highest BCUT2D eigenvalue weighted by Gasteiger charge is 2.52. The number of carbonyl (C=O) groups is 2. The normalized spacial score (nSPS) is 17.4. The van der Waals surface area contributed by atoms with Gasteiger partial charge in [-0.1, -0.05) is 13.8 Å². The van der Waals surface area contributed by atoms with Crippen LogP contribution in [-0.4, -0.2) is 49.6 Å². The second-order valence-corrected chi connectivity index (χ2v) is 9.54. The summed E-state index contributed by atoms with van der Waals surface area (Å²) in [5.41, 5.74) is 3.33. The van der Waals surface area contributed by atoms with Gasteiger partial charge < -0.3 is 19.5 Å². The van der Waals surface area contributed by atoms with Crippen molar-refractivity contribution in [2.75, 3.05) is 18.0 Å². The number of piperidine rings is 1. The number of amides is 2. The summed E-state index contributed by atoms with van der Waals surface area (Å²) < 4.78 is 2.30. The molecule has 0 radical (unpaired) electrons. The fraction of sp³-hybridized carbons (Fsp3) is 0.440. The largest absolute Gasteiger partial charge is 0.465 e. The van der Waals surface area contributed by atoms with Crippen LogP contribution in [0.2, 0.25) is 0 Å². The third-order valence-electron chi connectivity index (χ3n) is 7.19. The van der Waals surface area contributed by atoms with Crippen LogP contribution >= 0.6 is 0 Å². The van der Waals surface area contributed by atoms with Gasteiger partial charge in [0, 0.05) is 49.3 Å². The van der Waals surface area contributed by atoms with Crippen molar-refractivity contribution in [3.05, 3.63) is 54.2 Å². The van der Waals surface area contributed by atoms with Crippen LogP contribution in [0.5, 0.6) is 0 Å². The minimum atomic E-state index is -0.926. The molecule has 3 aromatic heterocycles. The van der Waals surface area contributed by atoms with E-state index in [-0.39, 0.29) is 5.91 Å². The molecule has 0 bridgehead atoms. The molecule has 1 spiro atoms. The summed E-state index contributed by atoms with van der Waals surface area (Å²) in [5, 5.41) is 10.4. The van der Waals surface area contributed by atoms with E-state index in [1.807, 2.05) is 29.4 Å². The number of fused-ring (bicyclic) bond motifs is 3. The number of hydrogen-bond acceptors (Lipinski definition) is 4. The average Bonchev–Trinajstić information content (AvgIpc) is 3.27. The van der Waals surface area contributed by atoms with Gasteiger partial charge in [-0.2, -0.15) is 0 Å². The maximum absolute atomic E-state index is 13.9. The minimum Gasteiger partial charge on any atom is -0.465 e. The Morgan fingerprint density at radius 2 is 1.88 bits per heavy atom. The number of likely N-dealkylation sites (tertiary alicyclic amines) is 1. The number of anilines is 1. The van der Waals surface area contributed by atoms with Crippen molar-refractivity contribution < 1.29 is 14.7 Å². The van der Waals surface area contributed by atoms with Crippen LogP contribution in [0.25, 0.3) is 10.9 Å². The summed E-state index contributed by atoms with van der Waals surface area (Å²) in [5.74, 6) is 0.618. The van der Waals surface area contributed by atoms with Gasteiger partial charge in [-0.25, -0.2) is 4.79 Å². The molecule has 1 fully saturated rings. The van der Waals surface area contributed by atoms with Gasteiger partial charge in [0.15, 0.2) is 0 Å². The quantitative estimate of drug-likeness (QED) is 0.637. The van der Waals surface area contributed by atoms with Crippen LogP contribution in [0, 0.1) is 5.92 Å². The highest BCUT2D eigenvalue weighted by atomic mass is 16.4. The lowest BCUT2D eigenvalue weighted by atomic mass is 9.74. The summed E-state index contributed by atoms with van der Waals surface area (Å²) in [6.07, 6.45) is 8.28. The SMILES string of the molecule is CC(C)CCn1c(CN2C(=O)C3(CCN(C(=O)O)CC3)c3ccncc32)cc2cnccc21. The molecular formula is C25H29N5O3. The lowest BCUT2D eigenvalue weighted by Crippen LogP contribution is -2.49. The second kappa shape index (κ2) is 8.17. The fourth-order valence-electron chi connectivity index (χ4n) is 5.32. The van der Waals surface area contributed by atoms with E-state index in [4.69, 9.17) is 0 Å². The first-order valence-electron chi connectivity index (χ1n) is 11.6. The summed E-state index contributed by atoms with van der Waals surface area (Å²) in [7, 11) is 0. The summed E-state index contributed by atoms with van der Waals surface area (Å²) in [4.78, 5) is 37.2. The number of aryl methyl sites for hydroxylation is 1. The number of pyridine rings is 2. The van der Waals surface area contributed by atoms with E-state index in [0.717, 1.165) is 40.8 Å². The molecule has 2 amide bonds. The minimum absolute atomic E-state index is 0.0503. The molecule has 3 aromatic rings. The van der Waals surface area contributed by atoms with E-state index >= 15 is 0 Å². The molecule has 1 saturated heterocycles. The van der Waals surface area contributed by atoms with Gasteiger partial charge in [-0.15, -0.1) is 0 Å². The Kier molecular flexibility index (Phi) is 5.31. The molecule has 8 heteroatoms.